The zero-order valence-electron chi connectivity index (χ0n) is 10.4. The first-order chi connectivity index (χ1) is 9.20. The van der Waals surface area contributed by atoms with Gasteiger partial charge in [0.05, 0.1) is 11.5 Å². The van der Waals surface area contributed by atoms with Crippen molar-refractivity contribution < 1.29 is 14.4 Å². The van der Waals surface area contributed by atoms with Gasteiger partial charge in [0.2, 0.25) is 11.7 Å². The first-order valence-electron chi connectivity index (χ1n) is 5.77. The Hall–Kier alpha value is -1.89. The summed E-state index contributed by atoms with van der Waals surface area (Å²) in [6.07, 6.45) is 2.52. The van der Waals surface area contributed by atoms with E-state index in [0.29, 0.717) is 23.2 Å². The van der Waals surface area contributed by atoms with Crippen LogP contribution in [0.3, 0.4) is 0 Å². The van der Waals surface area contributed by atoms with Crippen LogP contribution >= 0.6 is 11.8 Å². The molecule has 0 aromatic carbocycles. The smallest absolute Gasteiger partial charge is 0.313 e. The topological polar surface area (TPSA) is 89.1 Å². The van der Waals surface area contributed by atoms with Crippen LogP contribution in [0.1, 0.15) is 18.4 Å². The second kappa shape index (κ2) is 6.33. The quantitative estimate of drug-likeness (QED) is 0.865. The molecule has 0 saturated heterocycles. The van der Waals surface area contributed by atoms with Gasteiger partial charge < -0.3 is 9.63 Å². The van der Waals surface area contributed by atoms with E-state index in [9.17, 15) is 4.79 Å². The summed E-state index contributed by atoms with van der Waals surface area (Å²) in [5.41, 5.74) is 1.76. The second-order valence-corrected chi connectivity index (χ2v) is 4.75. The third-order valence-corrected chi connectivity index (χ3v) is 3.31. The maximum Gasteiger partial charge on any atom is 0.313 e. The molecule has 0 amide bonds. The van der Waals surface area contributed by atoms with E-state index in [2.05, 4.69) is 15.1 Å². The lowest BCUT2D eigenvalue weighted by Crippen LogP contribution is -1.98. The van der Waals surface area contributed by atoms with Gasteiger partial charge in [-0.1, -0.05) is 18.1 Å². The summed E-state index contributed by atoms with van der Waals surface area (Å²) in [6, 6.07) is 3.84. The average Bonchev–Trinajstić information content (AvgIpc) is 2.87. The summed E-state index contributed by atoms with van der Waals surface area (Å²) in [6.45, 7) is 2.03. The Morgan fingerprint density at radius 2 is 2.37 bits per heavy atom. The molecule has 2 heterocycles. The van der Waals surface area contributed by atoms with Crippen molar-refractivity contribution in [3.8, 4) is 11.5 Å². The molecule has 0 saturated carbocycles. The van der Waals surface area contributed by atoms with Crippen molar-refractivity contribution >= 4 is 17.7 Å². The fourth-order valence-electron chi connectivity index (χ4n) is 1.56. The minimum atomic E-state index is -0.859. The number of carboxylic acid groups (broad SMARTS) is 1. The van der Waals surface area contributed by atoms with Crippen molar-refractivity contribution in [3.63, 3.8) is 0 Å². The number of carbonyl (C=O) groups is 1. The lowest BCUT2D eigenvalue weighted by molar-refractivity contribution is -0.133. The molecule has 2 aromatic heterocycles. The Kier molecular flexibility index (Phi) is 4.51. The van der Waals surface area contributed by atoms with Crippen LogP contribution in [0.5, 0.6) is 0 Å². The van der Waals surface area contributed by atoms with Crippen LogP contribution in [0.25, 0.3) is 11.5 Å². The minimum absolute atomic E-state index is 0.0154. The fraction of sp³-hybridized carbons (Fsp3) is 0.333. The molecule has 0 aliphatic heterocycles. The Labute approximate surface area is 114 Å². The Bertz CT molecular complexity index is 571. The van der Waals surface area contributed by atoms with Gasteiger partial charge in [-0.3, -0.25) is 9.78 Å². The molecule has 0 fully saturated rings. The van der Waals surface area contributed by atoms with Crippen molar-refractivity contribution in [1.29, 1.82) is 0 Å². The number of rotatable bonds is 6. The molecule has 0 bridgehead atoms. The highest BCUT2D eigenvalue weighted by Gasteiger charge is 2.13. The Morgan fingerprint density at radius 1 is 1.53 bits per heavy atom. The van der Waals surface area contributed by atoms with Crippen LogP contribution in [0.2, 0.25) is 0 Å². The highest BCUT2D eigenvalue weighted by Crippen LogP contribution is 2.20. The molecule has 100 valence electrons. The lowest BCUT2D eigenvalue weighted by Gasteiger charge is -2.00. The highest BCUT2D eigenvalue weighted by atomic mass is 32.2. The zero-order valence-corrected chi connectivity index (χ0v) is 11.2. The number of thioether (sulfide) groups is 1. The predicted molar refractivity (Wildman–Crippen MR) is 70.7 cm³/mol. The third kappa shape index (κ3) is 3.54. The Balaban J connectivity index is 2.10. The second-order valence-electron chi connectivity index (χ2n) is 3.76. The normalized spacial score (nSPS) is 10.6. The summed E-state index contributed by atoms with van der Waals surface area (Å²) in [5.74, 6) is 0.398. The first-order valence-corrected chi connectivity index (χ1v) is 6.92. The molecule has 1 N–H and O–H groups in total. The van der Waals surface area contributed by atoms with Gasteiger partial charge in [-0.15, -0.1) is 11.8 Å². The van der Waals surface area contributed by atoms with Crippen molar-refractivity contribution in [2.45, 2.75) is 19.1 Å². The van der Waals surface area contributed by atoms with Gasteiger partial charge in [-0.25, -0.2) is 0 Å². The van der Waals surface area contributed by atoms with E-state index >= 15 is 0 Å². The van der Waals surface area contributed by atoms with Gasteiger partial charge >= 0.3 is 5.97 Å². The summed E-state index contributed by atoms with van der Waals surface area (Å²) in [7, 11) is 0. The predicted octanol–water partition coefficient (Wildman–Crippen LogP) is 2.01. The fourth-order valence-corrected chi connectivity index (χ4v) is 2.13. The van der Waals surface area contributed by atoms with Gasteiger partial charge in [0, 0.05) is 6.20 Å². The largest absolute Gasteiger partial charge is 0.481 e. The molecule has 0 spiro atoms. The van der Waals surface area contributed by atoms with E-state index in [-0.39, 0.29) is 5.75 Å². The monoisotopic (exact) mass is 279 g/mol. The van der Waals surface area contributed by atoms with Crippen LogP contribution < -0.4 is 0 Å². The maximum absolute atomic E-state index is 10.4. The van der Waals surface area contributed by atoms with E-state index < -0.39 is 5.97 Å². The molecule has 0 atom stereocenters. The number of hydrogen-bond donors (Lipinski definition) is 1. The molecule has 0 unspecified atom stereocenters. The summed E-state index contributed by atoms with van der Waals surface area (Å²) < 4.78 is 5.09. The van der Waals surface area contributed by atoms with Gasteiger partial charge in [0.1, 0.15) is 5.69 Å². The molecule has 0 aliphatic rings. The molecule has 19 heavy (non-hydrogen) atoms. The number of nitrogens with zero attached hydrogens (tertiary/aromatic N) is 3. The molecule has 0 radical (unpaired) electrons. The molecule has 2 aromatic rings. The number of aryl methyl sites for hydroxylation is 1. The lowest BCUT2D eigenvalue weighted by atomic mass is 10.1. The average molecular weight is 279 g/mol. The van der Waals surface area contributed by atoms with E-state index in [0.717, 1.165) is 12.0 Å². The van der Waals surface area contributed by atoms with Crippen LogP contribution in [0.4, 0.5) is 0 Å². The first kappa shape index (κ1) is 13.5. The van der Waals surface area contributed by atoms with E-state index in [1.165, 1.54) is 11.8 Å². The standard InChI is InChI=1S/C12H13N3O3S/c1-2-8-4-3-5-13-11(8)12-14-9(18-15-12)6-19-7-10(16)17/h3-5H,2,6-7H2,1H3,(H,16,17). The molecular weight excluding hydrogens is 266 g/mol. The number of hydrogen-bond acceptors (Lipinski definition) is 6. The SMILES string of the molecule is CCc1cccnc1-c1noc(CSCC(=O)O)n1. The third-order valence-electron chi connectivity index (χ3n) is 2.40. The van der Waals surface area contributed by atoms with Crippen LogP contribution in [-0.2, 0) is 17.0 Å². The molecule has 7 heteroatoms. The van der Waals surface area contributed by atoms with Crippen molar-refractivity contribution in [2.24, 2.45) is 0 Å². The van der Waals surface area contributed by atoms with Gasteiger partial charge in [0.15, 0.2) is 0 Å². The van der Waals surface area contributed by atoms with E-state index in [1.807, 2.05) is 19.1 Å². The summed E-state index contributed by atoms with van der Waals surface area (Å²) >= 11 is 1.22. The maximum atomic E-state index is 10.4. The van der Waals surface area contributed by atoms with Crippen LogP contribution in [0, 0.1) is 0 Å². The minimum Gasteiger partial charge on any atom is -0.481 e. The number of carboxylic acids is 1. The molecule has 2 rings (SSSR count). The number of pyridine rings is 1. The summed E-state index contributed by atoms with van der Waals surface area (Å²) in [4.78, 5) is 18.9. The summed E-state index contributed by atoms with van der Waals surface area (Å²) in [5, 5.41) is 12.4. The highest BCUT2D eigenvalue weighted by molar-refractivity contribution is 7.99. The molecule has 0 aliphatic carbocycles. The van der Waals surface area contributed by atoms with Gasteiger partial charge in [-0.05, 0) is 18.1 Å². The van der Waals surface area contributed by atoms with Crippen molar-refractivity contribution in [3.05, 3.63) is 29.8 Å². The Morgan fingerprint density at radius 3 is 3.11 bits per heavy atom. The van der Waals surface area contributed by atoms with Gasteiger partial charge in [0.25, 0.3) is 0 Å². The van der Waals surface area contributed by atoms with Gasteiger partial charge in [-0.2, -0.15) is 4.98 Å². The number of aromatic nitrogens is 3. The molecule has 6 nitrogen and oxygen atoms in total. The molecular formula is C12H13N3O3S. The van der Waals surface area contributed by atoms with E-state index in [4.69, 9.17) is 9.63 Å². The van der Waals surface area contributed by atoms with Crippen LogP contribution in [-0.4, -0.2) is 32.0 Å². The zero-order chi connectivity index (χ0) is 13.7. The van der Waals surface area contributed by atoms with Crippen LogP contribution in [0.15, 0.2) is 22.9 Å². The van der Waals surface area contributed by atoms with E-state index in [1.54, 1.807) is 6.20 Å². The van der Waals surface area contributed by atoms with Crippen molar-refractivity contribution in [2.75, 3.05) is 5.75 Å². The van der Waals surface area contributed by atoms with Crippen molar-refractivity contribution in [1.82, 2.24) is 15.1 Å². The number of aliphatic carboxylic acids is 1.